The average molecular weight is 403 g/mol. The van der Waals surface area contributed by atoms with Gasteiger partial charge >= 0.3 is 0 Å². The molecule has 6 heteroatoms. The number of aromatic nitrogens is 3. The van der Waals surface area contributed by atoms with E-state index in [1.807, 2.05) is 55.5 Å². The van der Waals surface area contributed by atoms with Crippen LogP contribution in [0.1, 0.15) is 17.1 Å². The van der Waals surface area contributed by atoms with Gasteiger partial charge in [-0.25, -0.2) is 9.97 Å². The van der Waals surface area contributed by atoms with Crippen LogP contribution in [0, 0.1) is 6.92 Å². The normalized spacial score (nSPS) is 13.4. The van der Waals surface area contributed by atoms with Gasteiger partial charge in [-0.3, -0.25) is 0 Å². The fraction of sp³-hybridized carbons (Fsp3) is 0.174. The van der Waals surface area contributed by atoms with Crippen LogP contribution in [0.15, 0.2) is 65.2 Å². The number of fused-ring (bicyclic) bond motifs is 1. The molecule has 0 N–H and O–H groups in total. The van der Waals surface area contributed by atoms with Gasteiger partial charge in [-0.2, -0.15) is 0 Å². The van der Waals surface area contributed by atoms with Crippen LogP contribution in [0.5, 0.6) is 0 Å². The van der Waals surface area contributed by atoms with Crippen molar-refractivity contribution in [2.24, 2.45) is 0 Å². The quantitative estimate of drug-likeness (QED) is 0.464. The molecule has 0 saturated carbocycles. The van der Waals surface area contributed by atoms with Gasteiger partial charge in [0, 0.05) is 34.3 Å². The summed E-state index contributed by atoms with van der Waals surface area (Å²) >= 11 is 6.01. The number of rotatable bonds is 3. The smallest absolute Gasteiger partial charge is 0.170 e. The van der Waals surface area contributed by atoms with E-state index in [1.54, 1.807) is 0 Å². The third-order valence-electron chi connectivity index (χ3n) is 5.17. The molecule has 4 aromatic rings. The van der Waals surface area contributed by atoms with E-state index < -0.39 is 0 Å². The van der Waals surface area contributed by atoms with Crippen LogP contribution >= 0.6 is 11.6 Å². The van der Waals surface area contributed by atoms with E-state index >= 15 is 0 Å². The first-order valence-corrected chi connectivity index (χ1v) is 9.94. The molecule has 0 aliphatic carbocycles. The number of aryl methyl sites for hydroxylation is 1. The summed E-state index contributed by atoms with van der Waals surface area (Å²) in [6.45, 7) is 3.44. The molecule has 2 aromatic heterocycles. The fourth-order valence-electron chi connectivity index (χ4n) is 3.73. The van der Waals surface area contributed by atoms with Crippen molar-refractivity contribution in [1.29, 1.82) is 0 Å². The minimum absolute atomic E-state index is 0.664. The third-order valence-corrected chi connectivity index (χ3v) is 5.42. The van der Waals surface area contributed by atoms with E-state index in [0.717, 1.165) is 58.4 Å². The van der Waals surface area contributed by atoms with Crippen molar-refractivity contribution in [3.05, 3.63) is 82.8 Å². The van der Waals surface area contributed by atoms with Crippen LogP contribution in [0.25, 0.3) is 22.6 Å². The van der Waals surface area contributed by atoms with E-state index in [9.17, 15) is 0 Å². The Morgan fingerprint density at radius 2 is 1.76 bits per heavy atom. The summed E-state index contributed by atoms with van der Waals surface area (Å²) in [6.07, 6.45) is 0.848. The first kappa shape index (κ1) is 17.9. The lowest BCUT2D eigenvalue weighted by atomic mass is 10.0. The molecule has 0 radical (unpaired) electrons. The summed E-state index contributed by atoms with van der Waals surface area (Å²) in [5.74, 6) is 2.51. The van der Waals surface area contributed by atoms with E-state index in [-0.39, 0.29) is 0 Å². The Labute approximate surface area is 174 Å². The van der Waals surface area contributed by atoms with Crippen molar-refractivity contribution < 1.29 is 4.52 Å². The van der Waals surface area contributed by atoms with Crippen molar-refractivity contribution in [2.45, 2.75) is 19.9 Å². The Morgan fingerprint density at radius 1 is 0.966 bits per heavy atom. The molecular weight excluding hydrogens is 384 g/mol. The van der Waals surface area contributed by atoms with Gasteiger partial charge in [-0.1, -0.05) is 47.1 Å². The van der Waals surface area contributed by atoms with E-state index in [2.05, 4.69) is 32.2 Å². The lowest BCUT2D eigenvalue weighted by Gasteiger charge is -2.27. The SMILES string of the molecule is Cc1nc(-c2ccccc2)cc(N2CCc3c(noc3-c3ccc(Cl)cc3)C2)n1. The standard InChI is InChI=1S/C23H19ClN4O/c1-15-25-20(16-5-3-2-4-6-16)13-22(26-15)28-12-11-19-21(14-28)27-29-23(19)17-7-9-18(24)10-8-17/h2-10,13H,11-12,14H2,1H3. The van der Waals surface area contributed by atoms with Gasteiger partial charge in [-0.05, 0) is 37.6 Å². The first-order valence-electron chi connectivity index (χ1n) is 9.57. The molecule has 0 amide bonds. The highest BCUT2D eigenvalue weighted by Crippen LogP contribution is 2.33. The van der Waals surface area contributed by atoms with Crippen LogP contribution in [-0.4, -0.2) is 21.7 Å². The Balaban J connectivity index is 1.45. The molecule has 0 unspecified atom stereocenters. The van der Waals surface area contributed by atoms with Gasteiger partial charge in [0.1, 0.15) is 17.3 Å². The number of halogens is 1. The minimum Gasteiger partial charge on any atom is -0.356 e. The molecule has 5 rings (SSSR count). The third kappa shape index (κ3) is 3.49. The molecule has 0 fully saturated rings. The van der Waals surface area contributed by atoms with Crippen molar-refractivity contribution in [2.75, 3.05) is 11.4 Å². The predicted octanol–water partition coefficient (Wildman–Crippen LogP) is 5.32. The highest BCUT2D eigenvalue weighted by molar-refractivity contribution is 6.30. The minimum atomic E-state index is 0.664. The van der Waals surface area contributed by atoms with Crippen LogP contribution in [-0.2, 0) is 13.0 Å². The van der Waals surface area contributed by atoms with Gasteiger partial charge in [0.05, 0.1) is 12.2 Å². The monoisotopic (exact) mass is 402 g/mol. The number of hydrogen-bond acceptors (Lipinski definition) is 5. The van der Waals surface area contributed by atoms with Crippen molar-refractivity contribution in [3.8, 4) is 22.6 Å². The molecule has 0 bridgehead atoms. The average Bonchev–Trinajstić information content (AvgIpc) is 3.18. The van der Waals surface area contributed by atoms with E-state index in [0.29, 0.717) is 11.6 Å². The van der Waals surface area contributed by atoms with Gasteiger partial charge in [0.25, 0.3) is 0 Å². The maximum Gasteiger partial charge on any atom is 0.170 e. The van der Waals surface area contributed by atoms with E-state index in [1.165, 1.54) is 0 Å². The zero-order valence-corrected chi connectivity index (χ0v) is 16.7. The Kier molecular flexibility index (Phi) is 4.52. The zero-order chi connectivity index (χ0) is 19.8. The zero-order valence-electron chi connectivity index (χ0n) is 16.0. The number of benzene rings is 2. The van der Waals surface area contributed by atoms with Gasteiger partial charge in [-0.15, -0.1) is 0 Å². The lowest BCUT2D eigenvalue weighted by molar-refractivity contribution is 0.423. The Morgan fingerprint density at radius 3 is 2.55 bits per heavy atom. The largest absolute Gasteiger partial charge is 0.356 e. The number of hydrogen-bond donors (Lipinski definition) is 0. The number of nitrogens with zero attached hydrogens (tertiary/aromatic N) is 4. The summed E-state index contributed by atoms with van der Waals surface area (Å²) < 4.78 is 5.69. The molecule has 144 valence electrons. The van der Waals surface area contributed by atoms with Crippen LogP contribution in [0.4, 0.5) is 5.82 Å². The fourth-order valence-corrected chi connectivity index (χ4v) is 3.85. The molecule has 2 aromatic carbocycles. The molecule has 1 aliphatic heterocycles. The molecule has 0 saturated heterocycles. The van der Waals surface area contributed by atoms with Crippen LogP contribution in [0.3, 0.4) is 0 Å². The molecule has 1 aliphatic rings. The summed E-state index contributed by atoms with van der Waals surface area (Å²) in [5.41, 5.74) is 5.14. The van der Waals surface area contributed by atoms with Gasteiger partial charge in [0.15, 0.2) is 5.76 Å². The molecular formula is C23H19ClN4O. The van der Waals surface area contributed by atoms with Crippen LogP contribution in [0.2, 0.25) is 5.02 Å². The maximum atomic E-state index is 6.01. The number of anilines is 1. The van der Waals surface area contributed by atoms with Crippen LogP contribution < -0.4 is 4.90 Å². The molecule has 0 atom stereocenters. The Bertz CT molecular complexity index is 1160. The second-order valence-electron chi connectivity index (χ2n) is 7.14. The highest BCUT2D eigenvalue weighted by atomic mass is 35.5. The maximum absolute atomic E-state index is 6.01. The summed E-state index contributed by atoms with van der Waals surface area (Å²) in [5, 5.41) is 5.05. The summed E-state index contributed by atoms with van der Waals surface area (Å²) in [7, 11) is 0. The first-order chi connectivity index (χ1) is 14.2. The summed E-state index contributed by atoms with van der Waals surface area (Å²) in [6, 6.07) is 19.9. The van der Waals surface area contributed by atoms with Crippen molar-refractivity contribution in [1.82, 2.24) is 15.1 Å². The van der Waals surface area contributed by atoms with Crippen molar-refractivity contribution in [3.63, 3.8) is 0 Å². The molecule has 5 nitrogen and oxygen atoms in total. The predicted molar refractivity (Wildman–Crippen MR) is 114 cm³/mol. The van der Waals surface area contributed by atoms with E-state index in [4.69, 9.17) is 16.1 Å². The second-order valence-corrected chi connectivity index (χ2v) is 7.58. The molecule has 0 spiro atoms. The molecule has 3 heterocycles. The Hall–Kier alpha value is -3.18. The molecule has 29 heavy (non-hydrogen) atoms. The highest BCUT2D eigenvalue weighted by Gasteiger charge is 2.26. The summed E-state index contributed by atoms with van der Waals surface area (Å²) in [4.78, 5) is 11.5. The second kappa shape index (κ2) is 7.33. The van der Waals surface area contributed by atoms with Gasteiger partial charge < -0.3 is 9.42 Å². The lowest BCUT2D eigenvalue weighted by Crippen LogP contribution is -2.31. The topological polar surface area (TPSA) is 55.1 Å². The van der Waals surface area contributed by atoms with Gasteiger partial charge in [0.2, 0.25) is 0 Å². The van der Waals surface area contributed by atoms with Crippen molar-refractivity contribution >= 4 is 17.4 Å².